The van der Waals surface area contributed by atoms with Gasteiger partial charge in [-0.1, -0.05) is 6.07 Å². The maximum atomic E-state index is 9.60. The van der Waals surface area contributed by atoms with E-state index in [1.165, 1.54) is 6.07 Å². The van der Waals surface area contributed by atoms with Gasteiger partial charge in [0.2, 0.25) is 0 Å². The van der Waals surface area contributed by atoms with Crippen LogP contribution in [0.25, 0.3) is 0 Å². The van der Waals surface area contributed by atoms with Crippen molar-refractivity contribution in [1.82, 2.24) is 0 Å². The lowest BCUT2D eigenvalue weighted by Crippen LogP contribution is -1.99. The van der Waals surface area contributed by atoms with E-state index < -0.39 is 0 Å². The van der Waals surface area contributed by atoms with E-state index in [0.29, 0.717) is 5.69 Å². The summed E-state index contributed by atoms with van der Waals surface area (Å²) in [5, 5.41) is 40.6. The minimum absolute atomic E-state index is 0.124. The van der Waals surface area contributed by atoms with E-state index in [1.807, 2.05) is 0 Å². The van der Waals surface area contributed by atoms with Gasteiger partial charge in [0, 0.05) is 30.4 Å². The third-order valence-corrected chi connectivity index (χ3v) is 2.50. The number of hydrogen-bond acceptors (Lipinski definition) is 5. The second-order valence-electron chi connectivity index (χ2n) is 3.87. The van der Waals surface area contributed by atoms with Crippen LogP contribution in [0.5, 0.6) is 23.0 Å². The lowest BCUT2D eigenvalue weighted by atomic mass is 10.1. The minimum Gasteiger partial charge on any atom is -0.508 e. The van der Waals surface area contributed by atoms with Gasteiger partial charge in [0.15, 0.2) is 0 Å². The molecule has 94 valence electrons. The van der Waals surface area contributed by atoms with E-state index in [-0.39, 0.29) is 35.1 Å². The van der Waals surface area contributed by atoms with Crippen molar-refractivity contribution in [2.24, 2.45) is 0 Å². The van der Waals surface area contributed by atoms with Crippen molar-refractivity contribution in [2.75, 3.05) is 5.32 Å². The SMILES string of the molecule is Oc1cccc(NCc2c(O)cc(O)cc2O)c1. The zero-order valence-electron chi connectivity index (χ0n) is 9.46. The largest absolute Gasteiger partial charge is 0.508 e. The zero-order chi connectivity index (χ0) is 13.1. The second-order valence-corrected chi connectivity index (χ2v) is 3.87. The molecule has 5 N–H and O–H groups in total. The van der Waals surface area contributed by atoms with Crippen molar-refractivity contribution in [1.29, 1.82) is 0 Å². The molecular weight excluding hydrogens is 234 g/mol. The quantitative estimate of drug-likeness (QED) is 0.573. The van der Waals surface area contributed by atoms with Crippen LogP contribution in [0, 0.1) is 0 Å². The molecule has 0 aliphatic heterocycles. The first kappa shape index (κ1) is 11.9. The third-order valence-electron chi connectivity index (χ3n) is 2.50. The maximum absolute atomic E-state index is 9.60. The first-order valence-electron chi connectivity index (χ1n) is 5.33. The van der Waals surface area contributed by atoms with Crippen LogP contribution in [0.2, 0.25) is 0 Å². The Morgan fingerprint density at radius 2 is 1.50 bits per heavy atom. The molecule has 5 heteroatoms. The highest BCUT2D eigenvalue weighted by Crippen LogP contribution is 2.32. The van der Waals surface area contributed by atoms with Crippen molar-refractivity contribution < 1.29 is 20.4 Å². The highest BCUT2D eigenvalue weighted by atomic mass is 16.3. The molecule has 0 aliphatic rings. The molecule has 0 heterocycles. The van der Waals surface area contributed by atoms with E-state index in [0.717, 1.165) is 12.1 Å². The first-order valence-corrected chi connectivity index (χ1v) is 5.33. The van der Waals surface area contributed by atoms with Gasteiger partial charge in [-0.15, -0.1) is 0 Å². The van der Waals surface area contributed by atoms with Gasteiger partial charge in [0.05, 0.1) is 5.56 Å². The average molecular weight is 247 g/mol. The Kier molecular flexibility index (Phi) is 3.14. The van der Waals surface area contributed by atoms with Gasteiger partial charge in [-0.25, -0.2) is 0 Å². The van der Waals surface area contributed by atoms with Crippen LogP contribution in [-0.2, 0) is 6.54 Å². The molecule has 0 aliphatic carbocycles. The molecule has 0 bridgehead atoms. The number of anilines is 1. The van der Waals surface area contributed by atoms with Crippen molar-refractivity contribution in [3.63, 3.8) is 0 Å². The number of nitrogens with one attached hydrogen (secondary N) is 1. The molecule has 2 aromatic carbocycles. The highest BCUT2D eigenvalue weighted by Gasteiger charge is 2.09. The molecule has 0 aromatic heterocycles. The molecule has 0 radical (unpaired) electrons. The van der Waals surface area contributed by atoms with Crippen LogP contribution in [-0.4, -0.2) is 20.4 Å². The van der Waals surface area contributed by atoms with Gasteiger partial charge in [-0.05, 0) is 12.1 Å². The Bertz CT molecular complexity index is 546. The van der Waals surface area contributed by atoms with Crippen LogP contribution in [0.3, 0.4) is 0 Å². The lowest BCUT2D eigenvalue weighted by molar-refractivity contribution is 0.420. The van der Waals surface area contributed by atoms with Crippen LogP contribution in [0.15, 0.2) is 36.4 Å². The predicted molar refractivity (Wildman–Crippen MR) is 66.9 cm³/mol. The molecule has 2 rings (SSSR count). The number of phenolic OH excluding ortho intramolecular Hbond substituents is 4. The lowest BCUT2D eigenvalue weighted by Gasteiger charge is -2.10. The molecule has 0 atom stereocenters. The number of hydrogen-bond donors (Lipinski definition) is 5. The number of aromatic hydroxyl groups is 4. The van der Waals surface area contributed by atoms with Gasteiger partial charge < -0.3 is 25.7 Å². The van der Waals surface area contributed by atoms with Crippen LogP contribution >= 0.6 is 0 Å². The fraction of sp³-hybridized carbons (Fsp3) is 0.0769. The summed E-state index contributed by atoms with van der Waals surface area (Å²) < 4.78 is 0. The van der Waals surface area contributed by atoms with Crippen molar-refractivity contribution in [2.45, 2.75) is 6.54 Å². The van der Waals surface area contributed by atoms with E-state index in [4.69, 9.17) is 5.11 Å². The molecule has 2 aromatic rings. The Balaban J connectivity index is 2.16. The predicted octanol–water partition coefficient (Wildman–Crippen LogP) is 2.12. The third kappa shape index (κ3) is 2.57. The highest BCUT2D eigenvalue weighted by molar-refractivity contribution is 5.53. The molecule has 0 fully saturated rings. The smallest absolute Gasteiger partial charge is 0.127 e. The van der Waals surface area contributed by atoms with Crippen LogP contribution < -0.4 is 5.32 Å². The van der Waals surface area contributed by atoms with Crippen LogP contribution in [0.4, 0.5) is 5.69 Å². The fourth-order valence-electron chi connectivity index (χ4n) is 1.61. The van der Waals surface area contributed by atoms with Gasteiger partial charge in [0.25, 0.3) is 0 Å². The molecule has 5 nitrogen and oxygen atoms in total. The topological polar surface area (TPSA) is 93.0 Å². The summed E-state index contributed by atoms with van der Waals surface area (Å²) in [6, 6.07) is 8.79. The van der Waals surface area contributed by atoms with Crippen molar-refractivity contribution >= 4 is 5.69 Å². The maximum Gasteiger partial charge on any atom is 0.127 e. The monoisotopic (exact) mass is 247 g/mol. The van der Waals surface area contributed by atoms with E-state index >= 15 is 0 Å². The summed E-state index contributed by atoms with van der Waals surface area (Å²) in [5.74, 6) is -0.467. The van der Waals surface area contributed by atoms with E-state index in [1.54, 1.807) is 18.2 Å². The summed E-state index contributed by atoms with van der Waals surface area (Å²) in [6.07, 6.45) is 0. The van der Waals surface area contributed by atoms with Crippen molar-refractivity contribution in [3.8, 4) is 23.0 Å². The Morgan fingerprint density at radius 3 is 2.11 bits per heavy atom. The van der Waals surface area contributed by atoms with Gasteiger partial charge >= 0.3 is 0 Å². The fourth-order valence-corrected chi connectivity index (χ4v) is 1.61. The van der Waals surface area contributed by atoms with Crippen LogP contribution in [0.1, 0.15) is 5.56 Å². The standard InChI is InChI=1S/C13H13NO4/c15-9-3-1-2-8(4-9)14-7-11-12(17)5-10(16)6-13(11)18/h1-6,14-18H,7H2. The average Bonchev–Trinajstić information content (AvgIpc) is 2.27. The van der Waals surface area contributed by atoms with E-state index in [2.05, 4.69) is 5.32 Å². The summed E-state index contributed by atoms with van der Waals surface area (Å²) in [5.41, 5.74) is 0.929. The molecule has 0 saturated carbocycles. The number of rotatable bonds is 3. The first-order chi connectivity index (χ1) is 8.56. The zero-order valence-corrected chi connectivity index (χ0v) is 9.46. The summed E-state index contributed by atoms with van der Waals surface area (Å²) in [7, 11) is 0. The summed E-state index contributed by atoms with van der Waals surface area (Å²) >= 11 is 0. The van der Waals surface area contributed by atoms with Gasteiger partial charge in [-0.3, -0.25) is 0 Å². The molecule has 0 unspecified atom stereocenters. The Morgan fingerprint density at radius 1 is 0.833 bits per heavy atom. The van der Waals surface area contributed by atoms with E-state index in [9.17, 15) is 15.3 Å². The minimum atomic E-state index is -0.203. The molecule has 18 heavy (non-hydrogen) atoms. The van der Waals surface area contributed by atoms with Gasteiger partial charge in [-0.2, -0.15) is 0 Å². The Hall–Kier alpha value is -2.56. The second kappa shape index (κ2) is 4.75. The van der Waals surface area contributed by atoms with Gasteiger partial charge in [0.1, 0.15) is 23.0 Å². The molecular formula is C13H13NO4. The molecule has 0 spiro atoms. The summed E-state index contributed by atoms with van der Waals surface area (Å²) in [6.45, 7) is 0.168. The molecule has 0 saturated heterocycles. The molecule has 0 amide bonds. The van der Waals surface area contributed by atoms with Crippen molar-refractivity contribution in [3.05, 3.63) is 42.0 Å². The normalized spacial score (nSPS) is 10.2. The number of benzene rings is 2. The number of phenols is 4. The Labute approximate surface area is 104 Å². The summed E-state index contributed by atoms with van der Waals surface area (Å²) in [4.78, 5) is 0.